The van der Waals surface area contributed by atoms with Crippen LogP contribution in [-0.2, 0) is 13.0 Å². The average molecular weight is 428 g/mol. The number of carbonyl (C=O) groups is 1. The van der Waals surface area contributed by atoms with Gasteiger partial charge in [-0.2, -0.15) is 0 Å². The fourth-order valence-electron chi connectivity index (χ4n) is 3.97. The van der Waals surface area contributed by atoms with Gasteiger partial charge >= 0.3 is 0 Å². The molecule has 0 radical (unpaired) electrons. The lowest BCUT2D eigenvalue weighted by Crippen LogP contribution is -2.26. The molecule has 0 bridgehead atoms. The van der Waals surface area contributed by atoms with Crippen molar-refractivity contribution >= 4 is 16.9 Å². The van der Waals surface area contributed by atoms with Gasteiger partial charge in [-0.3, -0.25) is 4.79 Å². The van der Waals surface area contributed by atoms with Gasteiger partial charge in [-0.1, -0.05) is 36.4 Å². The van der Waals surface area contributed by atoms with E-state index in [1.165, 1.54) is 11.1 Å². The van der Waals surface area contributed by atoms with Crippen LogP contribution < -0.4 is 10.1 Å². The summed E-state index contributed by atoms with van der Waals surface area (Å²) in [6.07, 6.45) is 1.54. The summed E-state index contributed by atoms with van der Waals surface area (Å²) in [6, 6.07) is 23.7. The monoisotopic (exact) mass is 427 g/mol. The standard InChI is InChI=1S/C27H29N3O2/c1-20-17-21(2)19-23(18-20)32-16-8-15-30-25-12-7-6-11-24(25)29-26(30)13-14-28-27(31)22-9-4-3-5-10-22/h3-7,9-12,17-19H,8,13-16H2,1-2H3,(H,28,31). The maximum atomic E-state index is 12.3. The van der Waals surface area contributed by atoms with E-state index in [4.69, 9.17) is 9.72 Å². The zero-order valence-corrected chi connectivity index (χ0v) is 18.7. The quantitative estimate of drug-likeness (QED) is 0.378. The Hall–Kier alpha value is -3.60. The number of hydrogen-bond donors (Lipinski definition) is 1. The van der Waals surface area contributed by atoms with Crippen LogP contribution in [0.15, 0.2) is 72.8 Å². The highest BCUT2D eigenvalue weighted by Crippen LogP contribution is 2.19. The Kier molecular flexibility index (Phi) is 6.85. The molecule has 1 amide bonds. The second-order valence-electron chi connectivity index (χ2n) is 8.07. The van der Waals surface area contributed by atoms with Gasteiger partial charge in [-0.15, -0.1) is 0 Å². The topological polar surface area (TPSA) is 56.1 Å². The Labute approximate surface area is 189 Å². The SMILES string of the molecule is Cc1cc(C)cc(OCCCn2c(CCNC(=O)c3ccccc3)nc3ccccc32)c1. The van der Waals surface area contributed by atoms with Crippen LogP contribution in [0.2, 0.25) is 0 Å². The van der Waals surface area contributed by atoms with Gasteiger partial charge in [-0.25, -0.2) is 4.98 Å². The third kappa shape index (κ3) is 5.35. The van der Waals surface area contributed by atoms with Crippen molar-refractivity contribution in [3.63, 3.8) is 0 Å². The highest BCUT2D eigenvalue weighted by molar-refractivity contribution is 5.94. The molecule has 0 spiro atoms. The summed E-state index contributed by atoms with van der Waals surface area (Å²) in [5.41, 5.74) is 5.18. The Morgan fingerprint density at radius 2 is 1.69 bits per heavy atom. The summed E-state index contributed by atoms with van der Waals surface area (Å²) in [5, 5.41) is 3.00. The predicted octanol–water partition coefficient (Wildman–Crippen LogP) is 5.09. The second kappa shape index (κ2) is 10.1. The first-order chi connectivity index (χ1) is 15.6. The molecule has 0 saturated heterocycles. The Bertz CT molecular complexity index is 1180. The van der Waals surface area contributed by atoms with Gasteiger partial charge in [0, 0.05) is 25.1 Å². The largest absolute Gasteiger partial charge is 0.494 e. The van der Waals surface area contributed by atoms with Crippen molar-refractivity contribution in [1.82, 2.24) is 14.9 Å². The number of ether oxygens (including phenoxy) is 1. The van der Waals surface area contributed by atoms with E-state index in [0.29, 0.717) is 25.1 Å². The van der Waals surface area contributed by atoms with Crippen LogP contribution in [0.25, 0.3) is 11.0 Å². The third-order valence-electron chi connectivity index (χ3n) is 5.39. The van der Waals surface area contributed by atoms with Crippen LogP contribution in [0.1, 0.15) is 33.7 Å². The molecule has 4 aromatic rings. The Morgan fingerprint density at radius 1 is 0.969 bits per heavy atom. The molecule has 0 aliphatic carbocycles. The summed E-state index contributed by atoms with van der Waals surface area (Å²) in [4.78, 5) is 17.1. The number of benzene rings is 3. The molecule has 4 rings (SSSR count). The molecule has 1 N–H and O–H groups in total. The van der Waals surface area contributed by atoms with E-state index in [-0.39, 0.29) is 5.91 Å². The van der Waals surface area contributed by atoms with Gasteiger partial charge in [0.1, 0.15) is 11.6 Å². The van der Waals surface area contributed by atoms with E-state index in [1.54, 1.807) is 0 Å². The molecule has 1 heterocycles. The van der Waals surface area contributed by atoms with Crippen LogP contribution in [0.4, 0.5) is 0 Å². The summed E-state index contributed by atoms with van der Waals surface area (Å²) in [6.45, 7) is 6.16. The van der Waals surface area contributed by atoms with Crippen molar-refractivity contribution in [2.24, 2.45) is 0 Å². The number of hydrogen-bond acceptors (Lipinski definition) is 3. The minimum Gasteiger partial charge on any atom is -0.494 e. The number of nitrogens with zero attached hydrogens (tertiary/aromatic N) is 2. The minimum atomic E-state index is -0.0601. The molecule has 0 aliphatic rings. The van der Waals surface area contributed by atoms with Crippen molar-refractivity contribution in [3.8, 4) is 5.75 Å². The van der Waals surface area contributed by atoms with Crippen molar-refractivity contribution in [3.05, 3.63) is 95.3 Å². The smallest absolute Gasteiger partial charge is 0.251 e. The lowest BCUT2D eigenvalue weighted by molar-refractivity contribution is 0.0954. The summed E-state index contributed by atoms with van der Waals surface area (Å²) >= 11 is 0. The number of para-hydroxylation sites is 2. The summed E-state index contributed by atoms with van der Waals surface area (Å²) in [7, 11) is 0. The van der Waals surface area contributed by atoms with Crippen molar-refractivity contribution in [2.45, 2.75) is 33.2 Å². The summed E-state index contributed by atoms with van der Waals surface area (Å²) in [5.74, 6) is 1.84. The Morgan fingerprint density at radius 3 is 2.47 bits per heavy atom. The second-order valence-corrected chi connectivity index (χ2v) is 8.07. The fraction of sp³-hybridized carbons (Fsp3) is 0.259. The highest BCUT2D eigenvalue weighted by atomic mass is 16.5. The highest BCUT2D eigenvalue weighted by Gasteiger charge is 2.11. The molecule has 0 saturated carbocycles. The van der Waals surface area contributed by atoms with E-state index in [0.717, 1.165) is 35.6 Å². The van der Waals surface area contributed by atoms with Crippen LogP contribution in [0.3, 0.4) is 0 Å². The molecule has 0 atom stereocenters. The zero-order chi connectivity index (χ0) is 22.3. The van der Waals surface area contributed by atoms with E-state index >= 15 is 0 Å². The van der Waals surface area contributed by atoms with Crippen molar-refractivity contribution < 1.29 is 9.53 Å². The number of rotatable bonds is 9. The van der Waals surface area contributed by atoms with E-state index in [9.17, 15) is 4.79 Å². The zero-order valence-electron chi connectivity index (χ0n) is 18.7. The molecular weight excluding hydrogens is 398 g/mol. The van der Waals surface area contributed by atoms with Gasteiger partial charge in [-0.05, 0) is 67.8 Å². The predicted molar refractivity (Wildman–Crippen MR) is 128 cm³/mol. The van der Waals surface area contributed by atoms with E-state index in [1.807, 2.05) is 48.5 Å². The number of nitrogens with one attached hydrogen (secondary N) is 1. The molecule has 5 nitrogen and oxygen atoms in total. The van der Waals surface area contributed by atoms with Gasteiger partial charge < -0.3 is 14.6 Å². The minimum absolute atomic E-state index is 0.0601. The first-order valence-corrected chi connectivity index (χ1v) is 11.1. The molecule has 32 heavy (non-hydrogen) atoms. The number of amides is 1. The van der Waals surface area contributed by atoms with Crippen LogP contribution in [0.5, 0.6) is 5.75 Å². The molecule has 0 unspecified atom stereocenters. The maximum absolute atomic E-state index is 12.3. The van der Waals surface area contributed by atoms with Crippen LogP contribution in [0, 0.1) is 13.8 Å². The number of aryl methyl sites for hydroxylation is 3. The van der Waals surface area contributed by atoms with Gasteiger partial charge in [0.2, 0.25) is 0 Å². The maximum Gasteiger partial charge on any atom is 0.251 e. The number of imidazole rings is 1. The van der Waals surface area contributed by atoms with E-state index < -0.39 is 0 Å². The molecular formula is C27H29N3O2. The van der Waals surface area contributed by atoms with E-state index in [2.05, 4.69) is 48.0 Å². The lowest BCUT2D eigenvalue weighted by Gasteiger charge is -2.12. The average Bonchev–Trinajstić information content (AvgIpc) is 3.14. The fourth-order valence-corrected chi connectivity index (χ4v) is 3.97. The molecule has 3 aromatic carbocycles. The molecule has 0 aliphatic heterocycles. The Balaban J connectivity index is 1.38. The van der Waals surface area contributed by atoms with Crippen LogP contribution in [-0.4, -0.2) is 28.6 Å². The first kappa shape index (κ1) is 21.6. The normalized spacial score (nSPS) is 10.9. The molecule has 0 fully saturated rings. The van der Waals surface area contributed by atoms with Crippen LogP contribution >= 0.6 is 0 Å². The number of aromatic nitrogens is 2. The lowest BCUT2D eigenvalue weighted by atomic mass is 10.1. The third-order valence-corrected chi connectivity index (χ3v) is 5.39. The molecule has 1 aromatic heterocycles. The number of fused-ring (bicyclic) bond motifs is 1. The summed E-state index contributed by atoms with van der Waals surface area (Å²) < 4.78 is 8.23. The van der Waals surface area contributed by atoms with Crippen molar-refractivity contribution in [1.29, 1.82) is 0 Å². The number of carbonyl (C=O) groups excluding carboxylic acids is 1. The molecule has 164 valence electrons. The van der Waals surface area contributed by atoms with Gasteiger partial charge in [0.05, 0.1) is 17.6 Å². The van der Waals surface area contributed by atoms with Gasteiger partial charge in [0.15, 0.2) is 0 Å². The molecule has 5 heteroatoms. The van der Waals surface area contributed by atoms with Gasteiger partial charge in [0.25, 0.3) is 5.91 Å². The van der Waals surface area contributed by atoms with Crippen molar-refractivity contribution in [2.75, 3.05) is 13.2 Å². The first-order valence-electron chi connectivity index (χ1n) is 11.1.